The van der Waals surface area contributed by atoms with Crippen molar-refractivity contribution in [3.05, 3.63) is 64.2 Å². The lowest BCUT2D eigenvalue weighted by atomic mass is 9.63. The van der Waals surface area contributed by atoms with Crippen molar-refractivity contribution < 1.29 is 24.8 Å². The molecular weight excluding hydrogens is 392 g/mol. The van der Waals surface area contributed by atoms with Gasteiger partial charge in [-0.15, -0.1) is 0 Å². The van der Waals surface area contributed by atoms with Crippen LogP contribution in [-0.2, 0) is 11.2 Å². The summed E-state index contributed by atoms with van der Waals surface area (Å²) in [6, 6.07) is 13.4. The summed E-state index contributed by atoms with van der Waals surface area (Å²) in [7, 11) is 0. The van der Waals surface area contributed by atoms with Crippen LogP contribution in [0.25, 0.3) is 0 Å². The van der Waals surface area contributed by atoms with Crippen LogP contribution in [0.4, 0.5) is 0 Å². The Kier molecular flexibility index (Phi) is 5.87. The first kappa shape index (κ1) is 20.6. The fourth-order valence-corrected chi connectivity index (χ4v) is 4.68. The summed E-state index contributed by atoms with van der Waals surface area (Å²) in [5, 5.41) is 31.7. The van der Waals surface area contributed by atoms with Gasteiger partial charge in [-0.3, -0.25) is 0 Å². The van der Waals surface area contributed by atoms with Crippen LogP contribution in [0, 0.1) is 5.92 Å². The summed E-state index contributed by atoms with van der Waals surface area (Å²) in [5.74, 6) is 0.600. The van der Waals surface area contributed by atoms with Gasteiger partial charge in [0.2, 0.25) is 0 Å². The van der Waals surface area contributed by atoms with Crippen LogP contribution < -0.4 is 4.74 Å². The lowest BCUT2D eigenvalue weighted by molar-refractivity contribution is -0.298. The SMILES string of the molecule is CCOc1ccc(Cc2cc([C@@H]3O[C@]4(CO)CC[C@@H]4[C@H](O)[C@H]3O)ccc2Cl)cc1. The number of fused-ring (bicyclic) bond motifs is 1. The van der Waals surface area contributed by atoms with Gasteiger partial charge in [-0.2, -0.15) is 0 Å². The molecule has 156 valence electrons. The molecule has 4 rings (SSSR count). The zero-order valence-electron chi connectivity index (χ0n) is 16.4. The van der Waals surface area contributed by atoms with Crippen molar-refractivity contribution in [2.45, 2.75) is 50.1 Å². The molecule has 1 aliphatic carbocycles. The molecule has 2 aromatic rings. The second kappa shape index (κ2) is 8.25. The Bertz CT molecular complexity index is 851. The molecule has 29 heavy (non-hydrogen) atoms. The second-order valence-corrected chi connectivity index (χ2v) is 8.40. The highest BCUT2D eigenvalue weighted by atomic mass is 35.5. The molecule has 5 nitrogen and oxygen atoms in total. The minimum atomic E-state index is -1.04. The van der Waals surface area contributed by atoms with E-state index in [1.807, 2.05) is 43.3 Å². The number of halogens is 1. The number of benzene rings is 2. The van der Waals surface area contributed by atoms with Gasteiger partial charge in [0.25, 0.3) is 0 Å². The van der Waals surface area contributed by atoms with Crippen LogP contribution in [-0.4, -0.2) is 46.3 Å². The highest BCUT2D eigenvalue weighted by Crippen LogP contribution is 2.52. The molecule has 0 amide bonds. The third-order valence-corrected chi connectivity index (χ3v) is 6.65. The standard InChI is InChI=1S/C23H27ClO5/c1-2-28-17-6-3-14(4-7-17)11-16-12-15(5-8-19(16)24)22-21(27)20(26)18-9-10-23(18,13-25)29-22/h3-8,12,18,20-22,25-27H,2,9-11,13H2,1H3/t18-,20+,21-,22+,23+/m1/s1. The molecule has 0 spiro atoms. The highest BCUT2D eigenvalue weighted by Gasteiger charge is 2.59. The zero-order chi connectivity index (χ0) is 20.6. The van der Waals surface area contributed by atoms with E-state index in [9.17, 15) is 15.3 Å². The van der Waals surface area contributed by atoms with Crippen molar-refractivity contribution in [1.82, 2.24) is 0 Å². The topological polar surface area (TPSA) is 79.2 Å². The summed E-state index contributed by atoms with van der Waals surface area (Å²) in [4.78, 5) is 0. The van der Waals surface area contributed by atoms with Crippen LogP contribution in [0.15, 0.2) is 42.5 Å². The molecule has 1 heterocycles. The van der Waals surface area contributed by atoms with Gasteiger partial charge in [0.05, 0.1) is 24.9 Å². The van der Waals surface area contributed by atoms with Gasteiger partial charge in [-0.05, 0) is 61.1 Å². The number of hydrogen-bond donors (Lipinski definition) is 3. The maximum atomic E-state index is 10.7. The van der Waals surface area contributed by atoms with Crippen LogP contribution in [0.3, 0.4) is 0 Å². The summed E-state index contributed by atoms with van der Waals surface area (Å²) < 4.78 is 11.6. The number of hydrogen-bond acceptors (Lipinski definition) is 5. The molecule has 0 bridgehead atoms. The van der Waals surface area contributed by atoms with Crippen molar-refractivity contribution in [1.29, 1.82) is 0 Å². The largest absolute Gasteiger partial charge is 0.494 e. The molecule has 0 radical (unpaired) electrons. The van der Waals surface area contributed by atoms with Crippen LogP contribution in [0.1, 0.15) is 42.6 Å². The third kappa shape index (κ3) is 3.78. The molecule has 6 heteroatoms. The minimum Gasteiger partial charge on any atom is -0.494 e. The van der Waals surface area contributed by atoms with Gasteiger partial charge in [-0.25, -0.2) is 0 Å². The molecule has 3 N–H and O–H groups in total. The Morgan fingerprint density at radius 2 is 1.90 bits per heavy atom. The Morgan fingerprint density at radius 1 is 1.14 bits per heavy atom. The number of aliphatic hydroxyl groups is 3. The van der Waals surface area contributed by atoms with Gasteiger partial charge in [0.1, 0.15) is 18.0 Å². The second-order valence-electron chi connectivity index (χ2n) is 7.99. The maximum Gasteiger partial charge on any atom is 0.119 e. The summed E-state index contributed by atoms with van der Waals surface area (Å²) in [6.07, 6.45) is -0.613. The van der Waals surface area contributed by atoms with Crippen molar-refractivity contribution >= 4 is 11.6 Å². The van der Waals surface area contributed by atoms with E-state index in [1.54, 1.807) is 6.07 Å². The molecule has 1 aliphatic heterocycles. The summed E-state index contributed by atoms with van der Waals surface area (Å²) in [5.41, 5.74) is 1.98. The fourth-order valence-electron chi connectivity index (χ4n) is 4.50. The van der Waals surface area contributed by atoms with Gasteiger partial charge >= 0.3 is 0 Å². The van der Waals surface area contributed by atoms with E-state index in [2.05, 4.69) is 0 Å². The molecule has 5 atom stereocenters. The van der Waals surface area contributed by atoms with Crippen molar-refractivity contribution in [2.24, 2.45) is 5.92 Å². The Morgan fingerprint density at radius 3 is 2.52 bits per heavy atom. The smallest absolute Gasteiger partial charge is 0.119 e. The Labute approximate surface area is 175 Å². The lowest BCUT2D eigenvalue weighted by Gasteiger charge is -2.57. The van der Waals surface area contributed by atoms with Crippen molar-refractivity contribution in [2.75, 3.05) is 13.2 Å². The van der Waals surface area contributed by atoms with Gasteiger partial charge in [-0.1, -0.05) is 35.9 Å². The first-order chi connectivity index (χ1) is 14.0. The molecule has 0 aromatic heterocycles. The van der Waals surface area contributed by atoms with E-state index in [0.29, 0.717) is 24.5 Å². The lowest BCUT2D eigenvalue weighted by Crippen LogP contribution is -2.65. The van der Waals surface area contributed by atoms with Crippen molar-refractivity contribution in [3.63, 3.8) is 0 Å². The average molecular weight is 419 g/mol. The van der Waals surface area contributed by atoms with E-state index in [0.717, 1.165) is 28.9 Å². The van der Waals surface area contributed by atoms with Crippen LogP contribution in [0.5, 0.6) is 5.75 Å². The minimum absolute atomic E-state index is 0.162. The fraction of sp³-hybridized carbons (Fsp3) is 0.478. The van der Waals surface area contributed by atoms with E-state index >= 15 is 0 Å². The quantitative estimate of drug-likeness (QED) is 0.671. The average Bonchev–Trinajstić information content (AvgIpc) is 2.70. The molecule has 2 fully saturated rings. The van der Waals surface area contributed by atoms with Crippen molar-refractivity contribution in [3.8, 4) is 5.75 Å². The Hall–Kier alpha value is -1.63. The number of ether oxygens (including phenoxy) is 2. The van der Waals surface area contributed by atoms with E-state index in [1.165, 1.54) is 0 Å². The molecule has 1 saturated heterocycles. The van der Waals surface area contributed by atoms with Gasteiger partial charge in [0.15, 0.2) is 0 Å². The first-order valence-corrected chi connectivity index (χ1v) is 10.5. The number of rotatable bonds is 6. The Balaban J connectivity index is 1.57. The maximum absolute atomic E-state index is 10.7. The summed E-state index contributed by atoms with van der Waals surface area (Å²) in [6.45, 7) is 2.41. The van der Waals surface area contributed by atoms with Gasteiger partial charge in [0, 0.05) is 10.9 Å². The predicted molar refractivity (Wildman–Crippen MR) is 110 cm³/mol. The van der Waals surface area contributed by atoms with E-state index < -0.39 is 23.9 Å². The van der Waals surface area contributed by atoms with E-state index in [4.69, 9.17) is 21.1 Å². The first-order valence-electron chi connectivity index (χ1n) is 10.1. The van der Waals surface area contributed by atoms with Crippen LogP contribution >= 0.6 is 11.6 Å². The highest BCUT2D eigenvalue weighted by molar-refractivity contribution is 6.31. The summed E-state index contributed by atoms with van der Waals surface area (Å²) >= 11 is 6.43. The monoisotopic (exact) mass is 418 g/mol. The third-order valence-electron chi connectivity index (χ3n) is 6.28. The van der Waals surface area contributed by atoms with Gasteiger partial charge < -0.3 is 24.8 Å². The predicted octanol–water partition coefficient (Wildman–Crippen LogP) is 3.26. The molecule has 0 unspecified atom stereocenters. The number of aliphatic hydroxyl groups excluding tert-OH is 3. The van der Waals surface area contributed by atoms with Crippen LogP contribution in [0.2, 0.25) is 5.02 Å². The van der Waals surface area contributed by atoms with E-state index in [-0.39, 0.29) is 12.5 Å². The molecule has 2 aliphatic rings. The molecule has 1 saturated carbocycles. The zero-order valence-corrected chi connectivity index (χ0v) is 17.2. The normalized spacial score (nSPS) is 31.1. The molecule has 2 aromatic carbocycles. The molecular formula is C23H27ClO5.